The molecule has 1 aromatic heterocycles. The molecule has 2 aromatic rings. The van der Waals surface area contributed by atoms with E-state index >= 15 is 0 Å². The minimum Gasteiger partial charge on any atom is -0.370 e. The molecule has 8 heteroatoms. The molecule has 0 atom stereocenters. The quantitative estimate of drug-likeness (QED) is 0.446. The summed E-state index contributed by atoms with van der Waals surface area (Å²) < 4.78 is 18.4. The fourth-order valence-electron chi connectivity index (χ4n) is 2.61. The topological polar surface area (TPSA) is 80.5 Å². The first-order chi connectivity index (χ1) is 11.2. The first-order valence-electron chi connectivity index (χ1n) is 7.86. The second-order valence-corrected chi connectivity index (χ2v) is 5.60. The van der Waals surface area contributed by atoms with Crippen LogP contribution in [0.2, 0.25) is 0 Å². The summed E-state index contributed by atoms with van der Waals surface area (Å²) in [6, 6.07) is 6.07. The van der Waals surface area contributed by atoms with Gasteiger partial charge in [-0.05, 0) is 25.0 Å². The monoisotopic (exact) mass is 445 g/mol. The average Bonchev–Trinajstić information content (AvgIpc) is 2.86. The van der Waals surface area contributed by atoms with Gasteiger partial charge in [0.1, 0.15) is 12.4 Å². The zero-order valence-corrected chi connectivity index (χ0v) is 15.7. The molecule has 0 bridgehead atoms. The minimum atomic E-state index is -0.336. The van der Waals surface area contributed by atoms with Crippen molar-refractivity contribution in [2.24, 2.45) is 10.7 Å². The van der Waals surface area contributed by atoms with Gasteiger partial charge in [0.25, 0.3) is 0 Å². The van der Waals surface area contributed by atoms with E-state index in [1.807, 2.05) is 0 Å². The first-order valence-corrected chi connectivity index (χ1v) is 7.86. The van der Waals surface area contributed by atoms with Crippen LogP contribution in [0.5, 0.6) is 0 Å². The van der Waals surface area contributed by atoms with E-state index in [2.05, 4.69) is 20.0 Å². The van der Waals surface area contributed by atoms with E-state index in [9.17, 15) is 4.39 Å². The van der Waals surface area contributed by atoms with Crippen molar-refractivity contribution in [3.63, 3.8) is 0 Å². The second kappa shape index (κ2) is 8.95. The van der Waals surface area contributed by atoms with Crippen LogP contribution in [-0.4, -0.2) is 34.1 Å². The SMILES string of the molecule is I.NC(=NCc1nc(-c2cccc(F)c2)no1)N1CCCCCC1. The highest BCUT2D eigenvalue weighted by molar-refractivity contribution is 14.0. The van der Waals surface area contributed by atoms with Crippen LogP contribution in [0.25, 0.3) is 11.4 Å². The van der Waals surface area contributed by atoms with Gasteiger partial charge in [-0.1, -0.05) is 30.1 Å². The predicted molar refractivity (Wildman–Crippen MR) is 100 cm³/mol. The molecular weight excluding hydrogens is 424 g/mol. The molecule has 1 fully saturated rings. The van der Waals surface area contributed by atoms with Crippen molar-refractivity contribution in [3.05, 3.63) is 36.0 Å². The number of aliphatic imine (C=N–C) groups is 1. The Hall–Kier alpha value is -1.71. The zero-order chi connectivity index (χ0) is 16.1. The third-order valence-corrected chi connectivity index (χ3v) is 3.86. The van der Waals surface area contributed by atoms with Crippen LogP contribution >= 0.6 is 24.0 Å². The number of hydrogen-bond acceptors (Lipinski definition) is 4. The summed E-state index contributed by atoms with van der Waals surface area (Å²) in [7, 11) is 0. The molecule has 2 heterocycles. The molecule has 3 rings (SSSR count). The molecule has 0 amide bonds. The van der Waals surface area contributed by atoms with Gasteiger partial charge in [-0.25, -0.2) is 9.38 Å². The van der Waals surface area contributed by atoms with Gasteiger partial charge in [-0.15, -0.1) is 24.0 Å². The molecule has 0 unspecified atom stereocenters. The van der Waals surface area contributed by atoms with Crippen molar-refractivity contribution in [1.29, 1.82) is 0 Å². The molecule has 130 valence electrons. The molecule has 1 aliphatic rings. The third-order valence-electron chi connectivity index (χ3n) is 3.86. The van der Waals surface area contributed by atoms with E-state index < -0.39 is 0 Å². The van der Waals surface area contributed by atoms with E-state index in [-0.39, 0.29) is 36.3 Å². The Morgan fingerprint density at radius 2 is 2.00 bits per heavy atom. The molecule has 2 N–H and O–H groups in total. The Kier molecular flexibility index (Phi) is 6.95. The number of halogens is 2. The zero-order valence-electron chi connectivity index (χ0n) is 13.3. The van der Waals surface area contributed by atoms with Crippen LogP contribution in [0.15, 0.2) is 33.8 Å². The Bertz CT molecular complexity index is 683. The molecule has 1 saturated heterocycles. The number of benzene rings is 1. The van der Waals surface area contributed by atoms with E-state index in [1.54, 1.807) is 12.1 Å². The smallest absolute Gasteiger partial charge is 0.248 e. The lowest BCUT2D eigenvalue weighted by atomic mass is 10.2. The van der Waals surface area contributed by atoms with Crippen LogP contribution in [0.1, 0.15) is 31.6 Å². The van der Waals surface area contributed by atoms with Gasteiger partial charge in [-0.2, -0.15) is 4.98 Å². The number of hydrogen-bond donors (Lipinski definition) is 1. The molecule has 0 radical (unpaired) electrons. The van der Waals surface area contributed by atoms with E-state index in [0.717, 1.165) is 25.9 Å². The number of nitrogens with zero attached hydrogens (tertiary/aromatic N) is 4. The molecule has 0 spiro atoms. The summed E-state index contributed by atoms with van der Waals surface area (Å²) in [6.07, 6.45) is 4.76. The van der Waals surface area contributed by atoms with Gasteiger partial charge >= 0.3 is 0 Å². The fraction of sp³-hybridized carbons (Fsp3) is 0.438. The Morgan fingerprint density at radius 1 is 1.25 bits per heavy atom. The van der Waals surface area contributed by atoms with Gasteiger partial charge in [-0.3, -0.25) is 0 Å². The molecule has 1 aromatic carbocycles. The number of aromatic nitrogens is 2. The minimum absolute atomic E-state index is 0. The Morgan fingerprint density at radius 3 is 2.71 bits per heavy atom. The van der Waals surface area contributed by atoms with Crippen LogP contribution in [-0.2, 0) is 6.54 Å². The summed E-state index contributed by atoms with van der Waals surface area (Å²) in [5.74, 6) is 0.889. The average molecular weight is 445 g/mol. The third kappa shape index (κ3) is 4.89. The Balaban J connectivity index is 0.00000208. The van der Waals surface area contributed by atoms with Crippen molar-refractivity contribution in [2.75, 3.05) is 13.1 Å². The van der Waals surface area contributed by atoms with Crippen LogP contribution < -0.4 is 5.73 Å². The number of rotatable bonds is 3. The van der Waals surface area contributed by atoms with Crippen molar-refractivity contribution in [1.82, 2.24) is 15.0 Å². The molecular formula is C16H21FIN5O. The fourth-order valence-corrected chi connectivity index (χ4v) is 2.61. The lowest BCUT2D eigenvalue weighted by molar-refractivity contribution is 0.378. The summed E-state index contributed by atoms with van der Waals surface area (Å²) in [6.45, 7) is 2.10. The Labute approximate surface area is 157 Å². The molecule has 1 aliphatic heterocycles. The van der Waals surface area contributed by atoms with E-state index in [4.69, 9.17) is 10.3 Å². The van der Waals surface area contributed by atoms with Gasteiger partial charge in [0.05, 0.1) is 0 Å². The van der Waals surface area contributed by atoms with Crippen molar-refractivity contribution >= 4 is 29.9 Å². The van der Waals surface area contributed by atoms with Gasteiger partial charge < -0.3 is 15.2 Å². The van der Waals surface area contributed by atoms with Gasteiger partial charge in [0.15, 0.2) is 5.96 Å². The van der Waals surface area contributed by atoms with Gasteiger partial charge in [0, 0.05) is 18.7 Å². The lowest BCUT2D eigenvalue weighted by Gasteiger charge is -2.20. The molecule has 0 saturated carbocycles. The highest BCUT2D eigenvalue weighted by Crippen LogP contribution is 2.17. The number of likely N-dealkylation sites (tertiary alicyclic amines) is 1. The lowest BCUT2D eigenvalue weighted by Crippen LogP contribution is -2.38. The van der Waals surface area contributed by atoms with Gasteiger partial charge in [0.2, 0.25) is 11.7 Å². The number of guanidine groups is 1. The maximum Gasteiger partial charge on any atom is 0.248 e. The summed E-state index contributed by atoms with van der Waals surface area (Å²) in [4.78, 5) is 10.7. The molecule has 0 aliphatic carbocycles. The second-order valence-electron chi connectivity index (χ2n) is 5.60. The predicted octanol–water partition coefficient (Wildman–Crippen LogP) is 3.18. The normalized spacial score (nSPS) is 15.7. The van der Waals surface area contributed by atoms with Crippen LogP contribution in [0.4, 0.5) is 4.39 Å². The maximum absolute atomic E-state index is 13.2. The molecule has 6 nitrogen and oxygen atoms in total. The van der Waals surface area contributed by atoms with E-state index in [1.165, 1.54) is 25.0 Å². The summed E-state index contributed by atoms with van der Waals surface area (Å²) >= 11 is 0. The van der Waals surface area contributed by atoms with Crippen molar-refractivity contribution in [2.45, 2.75) is 32.2 Å². The first kappa shape index (κ1) is 18.6. The highest BCUT2D eigenvalue weighted by Gasteiger charge is 2.12. The standard InChI is InChI=1S/C16H20FN5O.HI/c17-13-7-5-6-12(10-13)15-20-14(23-21-15)11-19-16(18)22-8-3-1-2-4-9-22;/h5-7,10H,1-4,8-9,11H2,(H2,18,19);1H. The maximum atomic E-state index is 13.2. The van der Waals surface area contributed by atoms with Crippen LogP contribution in [0, 0.1) is 5.82 Å². The molecule has 24 heavy (non-hydrogen) atoms. The largest absolute Gasteiger partial charge is 0.370 e. The summed E-state index contributed by atoms with van der Waals surface area (Å²) in [5.41, 5.74) is 6.61. The van der Waals surface area contributed by atoms with E-state index in [0.29, 0.717) is 23.2 Å². The van der Waals surface area contributed by atoms with Crippen LogP contribution in [0.3, 0.4) is 0 Å². The number of nitrogens with two attached hydrogens (primary N) is 1. The summed E-state index contributed by atoms with van der Waals surface area (Å²) in [5, 5.41) is 3.86. The highest BCUT2D eigenvalue weighted by atomic mass is 127. The van der Waals surface area contributed by atoms with Crippen molar-refractivity contribution in [3.8, 4) is 11.4 Å². The van der Waals surface area contributed by atoms with Crippen molar-refractivity contribution < 1.29 is 8.91 Å².